The van der Waals surface area contributed by atoms with E-state index in [0.29, 0.717) is 23.9 Å². The molecule has 2 aromatic rings. The van der Waals surface area contributed by atoms with E-state index >= 15 is 0 Å². The molecule has 2 amide bonds. The summed E-state index contributed by atoms with van der Waals surface area (Å²) in [6.45, 7) is 2.85. The van der Waals surface area contributed by atoms with Crippen molar-refractivity contribution in [2.45, 2.75) is 25.8 Å². The molecule has 1 heterocycles. The Kier molecular flexibility index (Phi) is 4.27. The Morgan fingerprint density at radius 2 is 1.69 bits per heavy atom. The number of nitrogens with two attached hydrogens (primary N) is 1. The van der Waals surface area contributed by atoms with Crippen molar-refractivity contribution in [3.05, 3.63) is 60.2 Å². The van der Waals surface area contributed by atoms with Crippen LogP contribution in [-0.2, 0) is 4.79 Å². The van der Waals surface area contributed by atoms with Crippen molar-refractivity contribution in [1.29, 1.82) is 0 Å². The predicted octanol–water partition coefficient (Wildman–Crippen LogP) is 3.33. The minimum atomic E-state index is -0.485. The van der Waals surface area contributed by atoms with Gasteiger partial charge in [0.25, 0.3) is 5.91 Å². The fraction of sp³-hybridized carbons (Fsp3) is 0.364. The second-order valence-corrected chi connectivity index (χ2v) is 7.72. The lowest BCUT2D eigenvalue weighted by Gasteiger charge is -2.26. The Hall–Kier alpha value is -2.62. The summed E-state index contributed by atoms with van der Waals surface area (Å²) in [6.07, 6.45) is 2.04. The lowest BCUT2D eigenvalue weighted by atomic mass is 9.93. The van der Waals surface area contributed by atoms with Gasteiger partial charge in [-0.2, -0.15) is 0 Å². The molecule has 134 valence electrons. The third-order valence-corrected chi connectivity index (χ3v) is 5.95. The third kappa shape index (κ3) is 2.79. The lowest BCUT2D eigenvalue weighted by Crippen LogP contribution is -2.46. The van der Waals surface area contributed by atoms with Gasteiger partial charge in [-0.15, -0.1) is 0 Å². The maximum Gasteiger partial charge on any atom is 0.255 e. The first-order valence-corrected chi connectivity index (χ1v) is 9.31. The first kappa shape index (κ1) is 16.8. The highest BCUT2D eigenvalue weighted by molar-refractivity contribution is 6.03. The average Bonchev–Trinajstić information content (AvgIpc) is 3.17. The number of likely N-dealkylation sites (tertiary alicyclic amines) is 1. The Morgan fingerprint density at radius 1 is 1.00 bits per heavy atom. The maximum atomic E-state index is 13.4. The molecule has 1 aliphatic carbocycles. The average molecular weight is 348 g/mol. The van der Waals surface area contributed by atoms with E-state index in [4.69, 9.17) is 5.73 Å². The summed E-state index contributed by atoms with van der Waals surface area (Å²) in [6, 6.07) is 17.0. The van der Waals surface area contributed by atoms with Gasteiger partial charge in [0, 0.05) is 12.1 Å². The van der Waals surface area contributed by atoms with Gasteiger partial charge >= 0.3 is 0 Å². The van der Waals surface area contributed by atoms with Crippen molar-refractivity contribution in [1.82, 2.24) is 4.90 Å². The summed E-state index contributed by atoms with van der Waals surface area (Å²) in [7, 11) is 0. The highest BCUT2D eigenvalue weighted by Gasteiger charge is 2.50. The molecule has 0 radical (unpaired) electrons. The highest BCUT2D eigenvalue weighted by Crippen LogP contribution is 2.45. The van der Waals surface area contributed by atoms with Crippen LogP contribution in [-0.4, -0.2) is 29.3 Å². The summed E-state index contributed by atoms with van der Waals surface area (Å²) in [5.74, 6) is 0.721. The quantitative estimate of drug-likeness (QED) is 0.925. The molecule has 4 rings (SSSR count). The lowest BCUT2D eigenvalue weighted by molar-refractivity contribution is -0.122. The number of hydrogen-bond acceptors (Lipinski definition) is 2. The first-order chi connectivity index (χ1) is 12.6. The summed E-state index contributed by atoms with van der Waals surface area (Å²) in [4.78, 5) is 27.3. The summed E-state index contributed by atoms with van der Waals surface area (Å²) < 4.78 is 0. The second-order valence-electron chi connectivity index (χ2n) is 7.72. The van der Waals surface area contributed by atoms with E-state index in [0.717, 1.165) is 24.0 Å². The zero-order valence-electron chi connectivity index (χ0n) is 15.0. The molecule has 0 spiro atoms. The molecule has 2 aromatic carbocycles. The normalized spacial score (nSPS) is 27.3. The van der Waals surface area contributed by atoms with E-state index in [1.807, 2.05) is 54.6 Å². The Morgan fingerprint density at radius 3 is 2.42 bits per heavy atom. The fourth-order valence-electron chi connectivity index (χ4n) is 4.91. The molecular weight excluding hydrogens is 324 g/mol. The fourth-order valence-corrected chi connectivity index (χ4v) is 4.91. The second kappa shape index (κ2) is 6.60. The number of carbonyl (C=O) groups is 2. The molecule has 0 bridgehead atoms. The third-order valence-electron chi connectivity index (χ3n) is 5.95. The number of benzene rings is 2. The molecule has 1 saturated heterocycles. The molecule has 4 heteroatoms. The van der Waals surface area contributed by atoms with Gasteiger partial charge in [-0.1, -0.05) is 55.5 Å². The molecule has 1 unspecified atom stereocenters. The number of rotatable bonds is 3. The summed E-state index contributed by atoms with van der Waals surface area (Å²) in [5.41, 5.74) is 8.25. The molecule has 2 N–H and O–H groups in total. The van der Waals surface area contributed by atoms with Gasteiger partial charge in [-0.25, -0.2) is 0 Å². The van der Waals surface area contributed by atoms with Crippen LogP contribution in [0.3, 0.4) is 0 Å². The van der Waals surface area contributed by atoms with Gasteiger partial charge in [0.1, 0.15) is 6.04 Å². The van der Waals surface area contributed by atoms with E-state index in [-0.39, 0.29) is 17.7 Å². The van der Waals surface area contributed by atoms with E-state index < -0.39 is 6.04 Å². The Labute approximate surface area is 154 Å². The molecule has 0 aromatic heterocycles. The highest BCUT2D eigenvalue weighted by atomic mass is 16.2. The van der Waals surface area contributed by atoms with Crippen molar-refractivity contribution < 1.29 is 9.59 Å². The number of primary amides is 1. The number of nitrogens with zero attached hydrogens (tertiary/aromatic N) is 1. The van der Waals surface area contributed by atoms with E-state index in [2.05, 4.69) is 6.92 Å². The molecule has 26 heavy (non-hydrogen) atoms. The van der Waals surface area contributed by atoms with E-state index in [1.54, 1.807) is 4.90 Å². The molecule has 4 atom stereocenters. The Balaban J connectivity index is 1.70. The van der Waals surface area contributed by atoms with Crippen LogP contribution in [0.5, 0.6) is 0 Å². The zero-order chi connectivity index (χ0) is 18.3. The van der Waals surface area contributed by atoms with E-state index in [9.17, 15) is 9.59 Å². The first-order valence-electron chi connectivity index (χ1n) is 9.31. The summed E-state index contributed by atoms with van der Waals surface area (Å²) >= 11 is 0. The van der Waals surface area contributed by atoms with Gasteiger partial charge in [-0.05, 0) is 47.8 Å². The SMILES string of the molecule is CC1C[C@H]2CN(C(=O)c3ccccc3-c3ccccc3)[C@H](C(N)=O)[C@H]2C1. The molecule has 4 nitrogen and oxygen atoms in total. The minimum absolute atomic E-state index is 0.0877. The minimum Gasteiger partial charge on any atom is -0.368 e. The van der Waals surface area contributed by atoms with Gasteiger partial charge in [0.15, 0.2) is 0 Å². The monoisotopic (exact) mass is 348 g/mol. The summed E-state index contributed by atoms with van der Waals surface area (Å²) in [5, 5.41) is 0. The van der Waals surface area contributed by atoms with Gasteiger partial charge in [0.05, 0.1) is 0 Å². The van der Waals surface area contributed by atoms with Crippen LogP contribution in [0.2, 0.25) is 0 Å². The Bertz CT molecular complexity index is 833. The molecule has 1 aliphatic heterocycles. The van der Waals surface area contributed by atoms with E-state index in [1.165, 1.54) is 0 Å². The van der Waals surface area contributed by atoms with Crippen LogP contribution in [0.15, 0.2) is 54.6 Å². The van der Waals surface area contributed by atoms with Gasteiger partial charge in [0.2, 0.25) is 5.91 Å². The van der Waals surface area contributed by atoms with Crippen LogP contribution in [0.4, 0.5) is 0 Å². The largest absolute Gasteiger partial charge is 0.368 e. The van der Waals surface area contributed by atoms with Crippen LogP contribution >= 0.6 is 0 Å². The number of amides is 2. The van der Waals surface area contributed by atoms with Crippen LogP contribution in [0.25, 0.3) is 11.1 Å². The van der Waals surface area contributed by atoms with Crippen molar-refractivity contribution in [2.75, 3.05) is 6.54 Å². The van der Waals surface area contributed by atoms with Crippen LogP contribution in [0, 0.1) is 17.8 Å². The van der Waals surface area contributed by atoms with Crippen LogP contribution in [0.1, 0.15) is 30.1 Å². The number of fused-ring (bicyclic) bond motifs is 1. The topological polar surface area (TPSA) is 63.4 Å². The number of carbonyl (C=O) groups excluding carboxylic acids is 2. The molecule has 2 fully saturated rings. The molecular formula is C22H24N2O2. The van der Waals surface area contributed by atoms with Crippen LogP contribution < -0.4 is 5.73 Å². The zero-order valence-corrected chi connectivity index (χ0v) is 15.0. The van der Waals surface area contributed by atoms with Crippen molar-refractivity contribution >= 4 is 11.8 Å². The van der Waals surface area contributed by atoms with Gasteiger partial charge < -0.3 is 10.6 Å². The smallest absolute Gasteiger partial charge is 0.255 e. The number of hydrogen-bond donors (Lipinski definition) is 1. The maximum absolute atomic E-state index is 13.4. The van der Waals surface area contributed by atoms with Crippen molar-refractivity contribution in [2.24, 2.45) is 23.5 Å². The standard InChI is InChI=1S/C22H24N2O2/c1-14-11-16-13-24(20(21(23)25)19(16)12-14)22(26)18-10-6-5-9-17(18)15-7-3-2-4-8-15/h2-10,14,16,19-20H,11-13H2,1H3,(H2,23,25)/t14?,16-,19-,20-/m0/s1. The van der Waals surface area contributed by atoms with Crippen molar-refractivity contribution in [3.8, 4) is 11.1 Å². The predicted molar refractivity (Wildman–Crippen MR) is 101 cm³/mol. The van der Waals surface area contributed by atoms with Gasteiger partial charge in [-0.3, -0.25) is 9.59 Å². The molecule has 2 aliphatic rings. The van der Waals surface area contributed by atoms with Crippen molar-refractivity contribution in [3.63, 3.8) is 0 Å². The molecule has 1 saturated carbocycles.